The maximum Gasteiger partial charge on any atom is 0.144 e. The van der Waals surface area contributed by atoms with Gasteiger partial charge in [0.05, 0.1) is 17.1 Å². The van der Waals surface area contributed by atoms with Crippen LogP contribution in [0, 0.1) is 11.3 Å². The van der Waals surface area contributed by atoms with Gasteiger partial charge in [0.2, 0.25) is 0 Å². The van der Waals surface area contributed by atoms with Crippen molar-refractivity contribution in [2.75, 3.05) is 18.5 Å². The van der Waals surface area contributed by atoms with Gasteiger partial charge in [0, 0.05) is 6.20 Å². The number of halogens is 1. The number of para-hydroxylation sites is 1. The van der Waals surface area contributed by atoms with E-state index in [0.717, 1.165) is 5.75 Å². The first-order valence-electron chi connectivity index (χ1n) is 5.77. The third-order valence-corrected chi connectivity index (χ3v) is 2.66. The Hall–Kier alpha value is -2.25. The number of nitriles is 1. The quantitative estimate of drug-likeness (QED) is 0.851. The second-order valence-corrected chi connectivity index (χ2v) is 4.16. The largest absolute Gasteiger partial charge is 0.492 e. The summed E-state index contributed by atoms with van der Waals surface area (Å²) in [6, 6.07) is 13.1. The molecule has 1 N–H and O–H groups in total. The summed E-state index contributed by atoms with van der Waals surface area (Å²) >= 11 is 5.99. The number of hydrogen-bond acceptors (Lipinski definition) is 4. The van der Waals surface area contributed by atoms with Crippen molar-refractivity contribution in [3.05, 3.63) is 53.2 Å². The van der Waals surface area contributed by atoms with Gasteiger partial charge in [-0.2, -0.15) is 5.26 Å². The van der Waals surface area contributed by atoms with Crippen molar-refractivity contribution in [3.8, 4) is 11.8 Å². The minimum absolute atomic E-state index is 0.429. The third-order valence-electron chi connectivity index (χ3n) is 2.38. The van der Waals surface area contributed by atoms with Crippen molar-refractivity contribution < 1.29 is 4.74 Å². The number of benzene rings is 1. The Balaban J connectivity index is 1.82. The number of rotatable bonds is 5. The number of hydrogen-bond donors (Lipinski definition) is 1. The molecule has 0 radical (unpaired) electrons. The van der Waals surface area contributed by atoms with E-state index in [2.05, 4.69) is 10.3 Å². The predicted molar refractivity (Wildman–Crippen MR) is 74.4 cm³/mol. The van der Waals surface area contributed by atoms with E-state index in [1.807, 2.05) is 36.4 Å². The fourth-order valence-corrected chi connectivity index (χ4v) is 1.72. The van der Waals surface area contributed by atoms with Crippen LogP contribution in [0.15, 0.2) is 42.6 Å². The zero-order valence-electron chi connectivity index (χ0n) is 10.1. The molecule has 0 spiro atoms. The molecule has 2 aromatic rings. The van der Waals surface area contributed by atoms with Crippen molar-refractivity contribution in [1.82, 2.24) is 4.98 Å². The minimum atomic E-state index is 0.429. The van der Waals surface area contributed by atoms with Gasteiger partial charge in [-0.1, -0.05) is 29.8 Å². The van der Waals surface area contributed by atoms with Gasteiger partial charge >= 0.3 is 0 Å². The summed E-state index contributed by atoms with van der Waals surface area (Å²) in [5.41, 5.74) is 0.441. The van der Waals surface area contributed by atoms with Crippen LogP contribution in [-0.4, -0.2) is 18.1 Å². The SMILES string of the molecule is N#Cc1cnc(NCCOc2ccccc2)c(Cl)c1. The van der Waals surface area contributed by atoms with Gasteiger partial charge in [-0.15, -0.1) is 0 Å². The van der Waals surface area contributed by atoms with Crippen LogP contribution in [0.4, 0.5) is 5.82 Å². The van der Waals surface area contributed by atoms with Gasteiger partial charge in [-0.05, 0) is 18.2 Å². The molecule has 0 saturated carbocycles. The van der Waals surface area contributed by atoms with Gasteiger partial charge in [0.1, 0.15) is 24.2 Å². The van der Waals surface area contributed by atoms with Crippen LogP contribution >= 0.6 is 11.6 Å². The standard InChI is InChI=1S/C14H12ClN3O/c15-13-8-11(9-16)10-18-14(13)17-6-7-19-12-4-2-1-3-5-12/h1-5,8,10H,6-7H2,(H,17,18). The molecule has 0 aliphatic rings. The average molecular weight is 274 g/mol. The normalized spacial score (nSPS) is 9.68. The Bertz CT molecular complexity index is 581. The molecule has 0 unspecified atom stereocenters. The van der Waals surface area contributed by atoms with E-state index < -0.39 is 0 Å². The highest BCUT2D eigenvalue weighted by molar-refractivity contribution is 6.33. The maximum atomic E-state index is 8.70. The van der Waals surface area contributed by atoms with Crippen LogP contribution in [0.25, 0.3) is 0 Å². The van der Waals surface area contributed by atoms with E-state index in [4.69, 9.17) is 21.6 Å². The second kappa shape index (κ2) is 6.62. The van der Waals surface area contributed by atoms with E-state index >= 15 is 0 Å². The summed E-state index contributed by atoms with van der Waals surface area (Å²) in [6.07, 6.45) is 1.48. The molecule has 0 saturated heterocycles. The van der Waals surface area contributed by atoms with Gasteiger partial charge in [-0.3, -0.25) is 0 Å². The molecule has 96 valence electrons. The highest BCUT2D eigenvalue weighted by Gasteiger charge is 2.02. The third kappa shape index (κ3) is 3.87. The Labute approximate surface area is 116 Å². The molecule has 2 rings (SSSR count). The fourth-order valence-electron chi connectivity index (χ4n) is 1.48. The van der Waals surface area contributed by atoms with Crippen LogP contribution in [-0.2, 0) is 0 Å². The van der Waals surface area contributed by atoms with Crippen molar-refractivity contribution in [2.45, 2.75) is 0 Å². The lowest BCUT2D eigenvalue weighted by Gasteiger charge is -2.09. The molecule has 1 heterocycles. The lowest BCUT2D eigenvalue weighted by molar-refractivity contribution is 0.333. The molecule has 1 aromatic heterocycles. The Morgan fingerprint density at radius 1 is 1.32 bits per heavy atom. The van der Waals surface area contributed by atoms with Gasteiger partial charge < -0.3 is 10.1 Å². The number of pyridine rings is 1. The van der Waals surface area contributed by atoms with E-state index in [1.54, 1.807) is 6.07 Å². The highest BCUT2D eigenvalue weighted by atomic mass is 35.5. The molecular weight excluding hydrogens is 262 g/mol. The smallest absolute Gasteiger partial charge is 0.144 e. The summed E-state index contributed by atoms with van der Waals surface area (Å²) in [6.45, 7) is 1.08. The summed E-state index contributed by atoms with van der Waals surface area (Å²) in [4.78, 5) is 4.07. The molecule has 19 heavy (non-hydrogen) atoms. The number of nitrogens with one attached hydrogen (secondary N) is 1. The molecule has 0 fully saturated rings. The van der Waals surface area contributed by atoms with Crippen molar-refractivity contribution in [3.63, 3.8) is 0 Å². The second-order valence-electron chi connectivity index (χ2n) is 3.75. The van der Waals surface area contributed by atoms with E-state index in [-0.39, 0.29) is 0 Å². The molecule has 0 aliphatic heterocycles. The van der Waals surface area contributed by atoms with Crippen LogP contribution in [0.2, 0.25) is 5.02 Å². The minimum Gasteiger partial charge on any atom is -0.492 e. The molecule has 0 amide bonds. The van der Waals surface area contributed by atoms with Crippen molar-refractivity contribution in [1.29, 1.82) is 5.26 Å². The van der Waals surface area contributed by atoms with Crippen molar-refractivity contribution in [2.24, 2.45) is 0 Å². The molecule has 1 aromatic carbocycles. The fraction of sp³-hybridized carbons (Fsp3) is 0.143. The van der Waals surface area contributed by atoms with Gasteiger partial charge in [0.25, 0.3) is 0 Å². The van der Waals surface area contributed by atoms with Crippen LogP contribution < -0.4 is 10.1 Å². The molecule has 0 aliphatic carbocycles. The van der Waals surface area contributed by atoms with Crippen LogP contribution in [0.1, 0.15) is 5.56 Å². The summed E-state index contributed by atoms with van der Waals surface area (Å²) < 4.78 is 5.53. The molecule has 0 atom stereocenters. The summed E-state index contributed by atoms with van der Waals surface area (Å²) in [7, 11) is 0. The first-order chi connectivity index (χ1) is 9.29. The zero-order chi connectivity index (χ0) is 13.5. The first kappa shape index (κ1) is 13.2. The first-order valence-corrected chi connectivity index (χ1v) is 6.15. The number of ether oxygens (including phenoxy) is 1. The lowest BCUT2D eigenvalue weighted by atomic mass is 10.3. The molecule has 4 nitrogen and oxygen atoms in total. The zero-order valence-corrected chi connectivity index (χ0v) is 10.9. The number of anilines is 1. The van der Waals surface area contributed by atoms with Crippen molar-refractivity contribution >= 4 is 17.4 Å². The summed E-state index contributed by atoms with van der Waals surface area (Å²) in [5.74, 6) is 1.38. The van der Waals surface area contributed by atoms with Crippen LogP contribution in [0.5, 0.6) is 5.75 Å². The highest BCUT2D eigenvalue weighted by Crippen LogP contribution is 2.19. The van der Waals surface area contributed by atoms with E-state index in [9.17, 15) is 0 Å². The van der Waals surface area contributed by atoms with E-state index in [1.165, 1.54) is 6.20 Å². The monoisotopic (exact) mass is 273 g/mol. The maximum absolute atomic E-state index is 8.70. The van der Waals surface area contributed by atoms with E-state index in [0.29, 0.717) is 29.6 Å². The molecule has 5 heteroatoms. The average Bonchev–Trinajstić information content (AvgIpc) is 2.46. The number of aromatic nitrogens is 1. The number of nitrogens with zero attached hydrogens (tertiary/aromatic N) is 2. The Kier molecular flexibility index (Phi) is 4.60. The van der Waals surface area contributed by atoms with Gasteiger partial charge in [-0.25, -0.2) is 4.98 Å². The lowest BCUT2D eigenvalue weighted by Crippen LogP contribution is -2.12. The Morgan fingerprint density at radius 3 is 2.79 bits per heavy atom. The topological polar surface area (TPSA) is 57.9 Å². The molecule has 0 bridgehead atoms. The predicted octanol–water partition coefficient (Wildman–Crippen LogP) is 3.10. The molecular formula is C14H12ClN3O. The van der Waals surface area contributed by atoms with Crippen LogP contribution in [0.3, 0.4) is 0 Å². The Morgan fingerprint density at radius 2 is 2.11 bits per heavy atom. The summed E-state index contributed by atoms with van der Waals surface area (Å²) in [5, 5.41) is 12.2. The van der Waals surface area contributed by atoms with Gasteiger partial charge in [0.15, 0.2) is 0 Å².